The number of ether oxygens (including phenoxy) is 1. The first-order chi connectivity index (χ1) is 11.5. The molecule has 0 fully saturated rings. The van der Waals surface area contributed by atoms with Gasteiger partial charge in [0.2, 0.25) is 6.10 Å². The van der Waals surface area contributed by atoms with Gasteiger partial charge in [0.05, 0.1) is 22.4 Å². The van der Waals surface area contributed by atoms with Crippen LogP contribution < -0.4 is 5.32 Å². The summed E-state index contributed by atoms with van der Waals surface area (Å²) in [6, 6.07) is 9.04. The van der Waals surface area contributed by atoms with Gasteiger partial charge >= 0.3 is 11.7 Å². The highest BCUT2D eigenvalue weighted by molar-refractivity contribution is 5.94. The molecule has 0 radical (unpaired) electrons. The van der Waals surface area contributed by atoms with E-state index in [-0.39, 0.29) is 11.3 Å². The minimum atomic E-state index is -1.21. The molecule has 0 unspecified atom stereocenters. The van der Waals surface area contributed by atoms with Crippen molar-refractivity contribution in [1.29, 1.82) is 0 Å². The Kier molecular flexibility index (Phi) is 3.95. The van der Waals surface area contributed by atoms with Crippen LogP contribution in [0.5, 0.6) is 0 Å². The lowest BCUT2D eigenvalue weighted by Crippen LogP contribution is -2.12. The van der Waals surface area contributed by atoms with E-state index in [1.54, 1.807) is 18.2 Å². The minimum Gasteiger partial charge on any atom is -0.442 e. The summed E-state index contributed by atoms with van der Waals surface area (Å²) < 4.78 is 31.5. The average Bonchev–Trinajstić information content (AvgIpc) is 2.87. The van der Waals surface area contributed by atoms with Crippen molar-refractivity contribution in [3.8, 4) is 0 Å². The second-order valence-electron chi connectivity index (χ2n) is 4.97. The van der Waals surface area contributed by atoms with Crippen LogP contribution in [0.4, 0.5) is 14.5 Å². The Morgan fingerprint density at radius 1 is 1.25 bits per heavy atom. The summed E-state index contributed by atoms with van der Waals surface area (Å²) in [4.78, 5) is 22.4. The number of hydrogen-bond donors (Lipinski definition) is 1. The number of nitrogens with zero attached hydrogens (tertiary/aromatic N) is 1. The van der Waals surface area contributed by atoms with E-state index in [0.717, 1.165) is 18.3 Å². The van der Waals surface area contributed by atoms with E-state index in [9.17, 15) is 23.7 Å². The Balaban J connectivity index is 1.94. The van der Waals surface area contributed by atoms with Gasteiger partial charge in [0.1, 0.15) is 11.6 Å². The van der Waals surface area contributed by atoms with Crippen LogP contribution in [0, 0.1) is 21.7 Å². The zero-order valence-electron chi connectivity index (χ0n) is 12.0. The average molecular weight is 332 g/mol. The number of rotatable bonds is 4. The van der Waals surface area contributed by atoms with Crippen LogP contribution in [0.1, 0.15) is 22.0 Å². The molecule has 3 rings (SSSR count). The molecule has 0 aliphatic carbocycles. The van der Waals surface area contributed by atoms with Gasteiger partial charge in [0.15, 0.2) is 0 Å². The lowest BCUT2D eigenvalue weighted by molar-refractivity contribution is -0.436. The zero-order valence-corrected chi connectivity index (χ0v) is 12.0. The Hall–Kier alpha value is -3.29. The lowest BCUT2D eigenvalue weighted by Gasteiger charge is -2.09. The molecule has 122 valence electrons. The number of carbonyl (C=O) groups excluding carboxylic acids is 1. The number of nitro groups is 1. The number of anilines is 1. The highest BCUT2D eigenvalue weighted by atomic mass is 19.1. The van der Waals surface area contributed by atoms with Crippen molar-refractivity contribution in [2.24, 2.45) is 0 Å². The van der Waals surface area contributed by atoms with Crippen LogP contribution in [0.25, 0.3) is 0 Å². The highest BCUT2D eigenvalue weighted by Gasteiger charge is 2.39. The third-order valence-corrected chi connectivity index (χ3v) is 3.47. The van der Waals surface area contributed by atoms with Crippen LogP contribution in [0.2, 0.25) is 0 Å². The largest absolute Gasteiger partial charge is 0.442 e. The van der Waals surface area contributed by atoms with Gasteiger partial charge in [-0.05, 0) is 18.2 Å². The van der Waals surface area contributed by atoms with Crippen LogP contribution in [-0.2, 0) is 4.74 Å². The van der Waals surface area contributed by atoms with Crippen molar-refractivity contribution >= 4 is 11.7 Å². The van der Waals surface area contributed by atoms with E-state index in [1.807, 2.05) is 0 Å². The predicted octanol–water partition coefficient (Wildman–Crippen LogP) is 3.41. The standard InChI is InChI=1S/C16H10F2N2O4/c17-9-5-6-13(12(18)7-9)19-8-14(20(22)23)15-10-3-1-2-4-11(10)16(21)24-15/h1-8,15,19H/b14-8+/t15-/m1/s1. The number of fused-ring (bicyclic) bond motifs is 1. The normalized spacial score (nSPS) is 16.5. The van der Waals surface area contributed by atoms with Gasteiger partial charge in [-0.3, -0.25) is 10.1 Å². The summed E-state index contributed by atoms with van der Waals surface area (Å²) in [5, 5.41) is 13.7. The number of halogens is 2. The first-order valence-electron chi connectivity index (χ1n) is 6.83. The molecule has 1 atom stereocenters. The fraction of sp³-hybridized carbons (Fsp3) is 0.0625. The Labute approximate surface area is 134 Å². The van der Waals surface area contributed by atoms with E-state index in [4.69, 9.17) is 4.74 Å². The Morgan fingerprint density at radius 2 is 2.00 bits per heavy atom. The number of nitrogens with one attached hydrogen (secondary N) is 1. The molecule has 8 heteroatoms. The van der Waals surface area contributed by atoms with Gasteiger partial charge in [-0.2, -0.15) is 0 Å². The Bertz CT molecular complexity index is 867. The summed E-state index contributed by atoms with van der Waals surface area (Å²) in [6.07, 6.45) is -0.282. The molecule has 1 N–H and O–H groups in total. The van der Waals surface area contributed by atoms with Gasteiger partial charge in [0, 0.05) is 11.6 Å². The van der Waals surface area contributed by atoms with E-state index >= 15 is 0 Å². The molecule has 1 heterocycles. The summed E-state index contributed by atoms with van der Waals surface area (Å²) in [7, 11) is 0. The van der Waals surface area contributed by atoms with Crippen LogP contribution in [0.3, 0.4) is 0 Å². The van der Waals surface area contributed by atoms with E-state index in [2.05, 4.69) is 5.32 Å². The van der Waals surface area contributed by atoms with Crippen LogP contribution in [-0.4, -0.2) is 10.9 Å². The molecule has 0 amide bonds. The van der Waals surface area contributed by atoms with Gasteiger partial charge in [-0.25, -0.2) is 13.6 Å². The van der Waals surface area contributed by atoms with Crippen LogP contribution >= 0.6 is 0 Å². The highest BCUT2D eigenvalue weighted by Crippen LogP contribution is 2.35. The fourth-order valence-electron chi connectivity index (χ4n) is 2.35. The summed E-state index contributed by atoms with van der Waals surface area (Å²) in [5.74, 6) is -2.34. The van der Waals surface area contributed by atoms with Crippen LogP contribution in [0.15, 0.2) is 54.4 Å². The first-order valence-corrected chi connectivity index (χ1v) is 6.83. The molecule has 0 saturated heterocycles. The number of cyclic esters (lactones) is 1. The Morgan fingerprint density at radius 3 is 2.71 bits per heavy atom. The number of esters is 1. The summed E-state index contributed by atoms with van der Waals surface area (Å²) in [6.45, 7) is 0. The third kappa shape index (κ3) is 2.81. The predicted molar refractivity (Wildman–Crippen MR) is 79.7 cm³/mol. The van der Waals surface area contributed by atoms with Crippen molar-refractivity contribution in [2.75, 3.05) is 5.32 Å². The van der Waals surface area contributed by atoms with Crippen molar-refractivity contribution < 1.29 is 23.2 Å². The molecule has 0 saturated carbocycles. The molecular formula is C16H10F2N2O4. The van der Waals surface area contributed by atoms with Crippen molar-refractivity contribution in [2.45, 2.75) is 6.10 Å². The lowest BCUT2D eigenvalue weighted by atomic mass is 10.0. The third-order valence-electron chi connectivity index (χ3n) is 3.47. The van der Waals surface area contributed by atoms with Crippen molar-refractivity contribution in [3.63, 3.8) is 0 Å². The number of hydrogen-bond acceptors (Lipinski definition) is 5. The van der Waals surface area contributed by atoms with Crippen molar-refractivity contribution in [3.05, 3.63) is 87.2 Å². The van der Waals surface area contributed by atoms with E-state index < -0.39 is 34.3 Å². The quantitative estimate of drug-likeness (QED) is 0.527. The van der Waals surface area contributed by atoms with Gasteiger partial charge in [-0.15, -0.1) is 0 Å². The number of carbonyl (C=O) groups is 1. The van der Waals surface area contributed by atoms with Crippen molar-refractivity contribution in [1.82, 2.24) is 0 Å². The molecule has 24 heavy (non-hydrogen) atoms. The molecule has 0 aromatic heterocycles. The number of benzene rings is 2. The van der Waals surface area contributed by atoms with E-state index in [1.165, 1.54) is 6.07 Å². The topological polar surface area (TPSA) is 81.5 Å². The summed E-state index contributed by atoms with van der Waals surface area (Å²) in [5.41, 5.74) is -0.0274. The smallest absolute Gasteiger partial charge is 0.339 e. The molecule has 0 spiro atoms. The molecule has 1 aliphatic rings. The van der Waals surface area contributed by atoms with Gasteiger partial charge < -0.3 is 10.1 Å². The fourth-order valence-corrected chi connectivity index (χ4v) is 2.35. The van der Waals surface area contributed by atoms with Gasteiger partial charge in [0.25, 0.3) is 0 Å². The molecule has 1 aliphatic heterocycles. The maximum Gasteiger partial charge on any atom is 0.339 e. The molecule has 0 bridgehead atoms. The van der Waals surface area contributed by atoms with Gasteiger partial charge in [-0.1, -0.05) is 18.2 Å². The second-order valence-corrected chi connectivity index (χ2v) is 4.97. The SMILES string of the molecule is O=C1O[C@@H](/C(=C\Nc2ccc(F)cc2F)[N+](=O)[O-])c2ccccc21. The minimum absolute atomic E-state index is 0.145. The monoisotopic (exact) mass is 332 g/mol. The molecule has 2 aromatic rings. The molecule has 2 aromatic carbocycles. The summed E-state index contributed by atoms with van der Waals surface area (Å²) >= 11 is 0. The second kappa shape index (κ2) is 6.07. The first kappa shape index (κ1) is 15.6. The maximum atomic E-state index is 13.6. The van der Waals surface area contributed by atoms with E-state index in [0.29, 0.717) is 11.6 Å². The maximum absolute atomic E-state index is 13.6. The molecule has 6 nitrogen and oxygen atoms in total. The zero-order chi connectivity index (χ0) is 17.3. The molecular weight excluding hydrogens is 322 g/mol.